The van der Waals surface area contributed by atoms with Gasteiger partial charge < -0.3 is 10.6 Å². The van der Waals surface area contributed by atoms with E-state index in [1.54, 1.807) is 18.4 Å². The van der Waals surface area contributed by atoms with E-state index in [2.05, 4.69) is 21.7 Å². The van der Waals surface area contributed by atoms with Crippen molar-refractivity contribution in [2.75, 3.05) is 7.05 Å². The van der Waals surface area contributed by atoms with Crippen molar-refractivity contribution in [2.24, 2.45) is 4.99 Å². The molecule has 0 amide bonds. The van der Waals surface area contributed by atoms with E-state index in [4.69, 9.17) is 0 Å². The average molecular weight is 437 g/mol. The van der Waals surface area contributed by atoms with E-state index in [1.165, 1.54) is 15.8 Å². The van der Waals surface area contributed by atoms with Crippen LogP contribution in [0.25, 0.3) is 0 Å². The van der Waals surface area contributed by atoms with Gasteiger partial charge in [0, 0.05) is 28.9 Å². The van der Waals surface area contributed by atoms with Crippen LogP contribution in [0.2, 0.25) is 0 Å². The number of rotatable bonds is 4. The second-order valence-corrected chi connectivity index (χ2v) is 5.90. The molecule has 2 aromatic rings. The summed E-state index contributed by atoms with van der Waals surface area (Å²) in [6, 6.07) is 7.51. The second kappa shape index (κ2) is 9.04. The van der Waals surface area contributed by atoms with Gasteiger partial charge in [0.25, 0.3) is 0 Å². The Labute approximate surface area is 149 Å². The second-order valence-electron chi connectivity index (χ2n) is 4.53. The van der Waals surface area contributed by atoms with Crippen molar-refractivity contribution in [3.05, 3.63) is 57.3 Å². The highest BCUT2D eigenvalue weighted by Gasteiger charge is 2.05. The van der Waals surface area contributed by atoms with E-state index in [0.29, 0.717) is 12.5 Å². The van der Waals surface area contributed by atoms with Crippen LogP contribution in [0, 0.1) is 18.6 Å². The lowest BCUT2D eigenvalue weighted by Gasteiger charge is -2.11. The topological polar surface area (TPSA) is 36.4 Å². The van der Waals surface area contributed by atoms with Crippen molar-refractivity contribution < 1.29 is 8.78 Å². The first-order valence-electron chi connectivity index (χ1n) is 6.52. The number of hydrogen-bond acceptors (Lipinski definition) is 2. The molecule has 120 valence electrons. The predicted molar refractivity (Wildman–Crippen MR) is 97.9 cm³/mol. The van der Waals surface area contributed by atoms with Crippen LogP contribution >= 0.6 is 35.3 Å². The maximum Gasteiger partial charge on any atom is 0.191 e. The minimum atomic E-state index is -0.454. The largest absolute Gasteiger partial charge is 0.352 e. The zero-order valence-corrected chi connectivity index (χ0v) is 15.5. The third-order valence-corrected chi connectivity index (χ3v) is 3.90. The molecule has 2 rings (SSSR count). The Kier molecular flexibility index (Phi) is 7.74. The number of guanidine groups is 1. The molecule has 0 fully saturated rings. The number of aliphatic imine (C=N–C) groups is 1. The number of thiophene rings is 1. The molecule has 0 aliphatic heterocycles. The molecule has 1 heterocycles. The summed E-state index contributed by atoms with van der Waals surface area (Å²) in [6.07, 6.45) is 0. The minimum absolute atomic E-state index is 0. The Morgan fingerprint density at radius 2 is 1.86 bits per heavy atom. The predicted octanol–water partition coefficient (Wildman–Crippen LogP) is 3.82. The number of nitrogens with zero attached hydrogens (tertiary/aromatic N) is 1. The van der Waals surface area contributed by atoms with Crippen LogP contribution in [0.4, 0.5) is 8.78 Å². The normalized spacial score (nSPS) is 11.0. The molecule has 7 heteroatoms. The molecule has 2 N–H and O–H groups in total. The van der Waals surface area contributed by atoms with Crippen molar-refractivity contribution in [1.29, 1.82) is 0 Å². The zero-order chi connectivity index (χ0) is 15.2. The van der Waals surface area contributed by atoms with Gasteiger partial charge in [0.2, 0.25) is 0 Å². The van der Waals surface area contributed by atoms with Gasteiger partial charge in [-0.05, 0) is 37.3 Å². The summed E-state index contributed by atoms with van der Waals surface area (Å²) in [4.78, 5) is 6.49. The van der Waals surface area contributed by atoms with Crippen LogP contribution in [0.15, 0.2) is 35.3 Å². The van der Waals surface area contributed by atoms with Crippen molar-refractivity contribution in [2.45, 2.75) is 20.0 Å². The van der Waals surface area contributed by atoms with Gasteiger partial charge >= 0.3 is 0 Å². The number of hydrogen-bond donors (Lipinski definition) is 2. The fourth-order valence-electron chi connectivity index (χ4n) is 1.83. The summed E-state index contributed by atoms with van der Waals surface area (Å²) >= 11 is 1.70. The monoisotopic (exact) mass is 437 g/mol. The molecule has 0 saturated heterocycles. The first kappa shape index (κ1) is 18.8. The van der Waals surface area contributed by atoms with E-state index in [9.17, 15) is 8.78 Å². The number of halogens is 3. The molecular formula is C15H18F2IN3S. The molecule has 0 unspecified atom stereocenters. The summed E-state index contributed by atoms with van der Waals surface area (Å²) in [5, 5.41) is 6.10. The summed E-state index contributed by atoms with van der Waals surface area (Å²) in [7, 11) is 1.64. The Bertz CT molecular complexity index is 643. The number of benzene rings is 1. The van der Waals surface area contributed by atoms with Gasteiger partial charge in [0.1, 0.15) is 11.6 Å². The molecule has 0 radical (unpaired) electrons. The summed E-state index contributed by atoms with van der Waals surface area (Å²) in [5.41, 5.74) is 0.268. The quantitative estimate of drug-likeness (QED) is 0.434. The lowest BCUT2D eigenvalue weighted by atomic mass is 10.2. The van der Waals surface area contributed by atoms with Gasteiger partial charge in [-0.25, -0.2) is 8.78 Å². The van der Waals surface area contributed by atoms with Crippen LogP contribution in [-0.4, -0.2) is 13.0 Å². The Hall–Kier alpha value is -1.22. The van der Waals surface area contributed by atoms with Crippen molar-refractivity contribution in [3.8, 4) is 0 Å². The van der Waals surface area contributed by atoms with Crippen LogP contribution in [0.1, 0.15) is 15.3 Å². The number of aryl methyl sites for hydroxylation is 1. The third kappa shape index (κ3) is 5.53. The van der Waals surface area contributed by atoms with Gasteiger partial charge in [-0.15, -0.1) is 35.3 Å². The minimum Gasteiger partial charge on any atom is -0.352 e. The van der Waals surface area contributed by atoms with Gasteiger partial charge in [0.15, 0.2) is 5.96 Å². The van der Waals surface area contributed by atoms with Crippen LogP contribution < -0.4 is 10.6 Å². The molecule has 1 aromatic carbocycles. The highest BCUT2D eigenvalue weighted by Crippen LogP contribution is 2.14. The smallest absolute Gasteiger partial charge is 0.191 e. The fourth-order valence-corrected chi connectivity index (χ4v) is 2.66. The fraction of sp³-hybridized carbons (Fsp3) is 0.267. The van der Waals surface area contributed by atoms with E-state index in [1.807, 2.05) is 13.0 Å². The maximum absolute atomic E-state index is 13.5. The highest BCUT2D eigenvalue weighted by atomic mass is 127. The van der Waals surface area contributed by atoms with Crippen molar-refractivity contribution in [1.82, 2.24) is 10.6 Å². The van der Waals surface area contributed by atoms with Crippen molar-refractivity contribution >= 4 is 41.3 Å². The lowest BCUT2D eigenvalue weighted by Crippen LogP contribution is -2.36. The standard InChI is InChI=1S/C15H17F2N3S.HI/c1-10-3-5-13(21-10)9-20-15(18-2)19-8-11-7-12(16)4-6-14(11)17;/h3-7H,8-9H2,1-2H3,(H2,18,19,20);1H. The molecule has 0 atom stereocenters. The van der Waals surface area contributed by atoms with Gasteiger partial charge in [0.05, 0.1) is 6.54 Å². The Balaban J connectivity index is 0.00000242. The molecule has 0 aliphatic carbocycles. The summed E-state index contributed by atoms with van der Waals surface area (Å²) in [6.45, 7) is 2.87. The molecule has 1 aromatic heterocycles. The van der Waals surface area contributed by atoms with E-state index in [-0.39, 0.29) is 36.1 Å². The Morgan fingerprint density at radius 1 is 1.14 bits per heavy atom. The SMILES string of the molecule is CN=C(NCc1ccc(C)s1)NCc1cc(F)ccc1F.I. The third-order valence-electron chi connectivity index (χ3n) is 2.90. The lowest BCUT2D eigenvalue weighted by molar-refractivity contribution is 0.581. The number of nitrogens with one attached hydrogen (secondary N) is 2. The molecule has 22 heavy (non-hydrogen) atoms. The highest BCUT2D eigenvalue weighted by molar-refractivity contribution is 14.0. The molecule has 0 aliphatic rings. The summed E-state index contributed by atoms with van der Waals surface area (Å²) in [5.74, 6) is -0.344. The molecule has 3 nitrogen and oxygen atoms in total. The van der Waals surface area contributed by atoms with Crippen molar-refractivity contribution in [3.63, 3.8) is 0 Å². The van der Waals surface area contributed by atoms with E-state index in [0.717, 1.165) is 12.1 Å². The zero-order valence-electron chi connectivity index (χ0n) is 12.3. The summed E-state index contributed by atoms with van der Waals surface area (Å²) < 4.78 is 26.6. The molecule has 0 saturated carbocycles. The van der Waals surface area contributed by atoms with Gasteiger partial charge in [-0.3, -0.25) is 4.99 Å². The van der Waals surface area contributed by atoms with E-state index >= 15 is 0 Å². The Morgan fingerprint density at radius 3 is 2.50 bits per heavy atom. The average Bonchev–Trinajstić information content (AvgIpc) is 2.88. The van der Waals surface area contributed by atoms with Crippen LogP contribution in [-0.2, 0) is 13.1 Å². The van der Waals surface area contributed by atoms with Crippen LogP contribution in [0.5, 0.6) is 0 Å². The van der Waals surface area contributed by atoms with Crippen LogP contribution in [0.3, 0.4) is 0 Å². The van der Waals surface area contributed by atoms with E-state index < -0.39 is 11.6 Å². The first-order chi connectivity index (χ1) is 10.1. The maximum atomic E-state index is 13.5. The van der Waals surface area contributed by atoms with Gasteiger partial charge in [-0.2, -0.15) is 0 Å². The molecular weight excluding hydrogens is 419 g/mol. The molecule has 0 bridgehead atoms. The van der Waals surface area contributed by atoms with Gasteiger partial charge in [-0.1, -0.05) is 0 Å². The molecule has 0 spiro atoms. The first-order valence-corrected chi connectivity index (χ1v) is 7.34.